The van der Waals surface area contributed by atoms with Crippen molar-refractivity contribution in [3.05, 3.63) is 22.4 Å². The van der Waals surface area contributed by atoms with Crippen LogP contribution in [-0.2, 0) is 16.1 Å². The number of carbonyl (C=O) groups is 2. The summed E-state index contributed by atoms with van der Waals surface area (Å²) >= 11 is 1.63. The Hall–Kier alpha value is -1.40. The van der Waals surface area contributed by atoms with E-state index in [2.05, 4.69) is 0 Å². The zero-order valence-corrected chi connectivity index (χ0v) is 14.3. The van der Waals surface area contributed by atoms with Crippen LogP contribution < -0.4 is 0 Å². The van der Waals surface area contributed by atoms with Crippen LogP contribution in [0.2, 0.25) is 0 Å². The molecular weight excluding hydrogens is 312 g/mol. The summed E-state index contributed by atoms with van der Waals surface area (Å²) < 4.78 is 0. The van der Waals surface area contributed by atoms with Gasteiger partial charge in [0.05, 0.1) is 13.1 Å². The van der Waals surface area contributed by atoms with Crippen LogP contribution in [0.1, 0.15) is 37.0 Å². The normalized spacial score (nSPS) is 27.6. The lowest BCUT2D eigenvalue weighted by atomic mass is 9.85. The minimum atomic E-state index is -0.784. The number of hydrogen-bond donors (Lipinski definition) is 1. The lowest BCUT2D eigenvalue weighted by molar-refractivity contribution is -0.144. The van der Waals surface area contributed by atoms with E-state index in [0.29, 0.717) is 18.9 Å². The lowest BCUT2D eigenvalue weighted by Crippen LogP contribution is -2.47. The highest BCUT2D eigenvalue weighted by Gasteiger charge is 2.45. The zero-order valence-electron chi connectivity index (χ0n) is 13.5. The van der Waals surface area contributed by atoms with E-state index in [4.69, 9.17) is 0 Å². The van der Waals surface area contributed by atoms with Crippen LogP contribution in [0.3, 0.4) is 0 Å². The van der Waals surface area contributed by atoms with Gasteiger partial charge in [-0.25, -0.2) is 0 Å². The van der Waals surface area contributed by atoms with Crippen molar-refractivity contribution in [2.75, 3.05) is 13.6 Å². The fourth-order valence-corrected chi connectivity index (χ4v) is 4.78. The van der Waals surface area contributed by atoms with Crippen molar-refractivity contribution in [1.29, 1.82) is 0 Å². The number of likely N-dealkylation sites (N-methyl/N-ethyl adjacent to an activating group) is 1. The molecule has 1 amide bonds. The second-order valence-electron chi connectivity index (χ2n) is 6.70. The number of likely N-dealkylation sites (tertiary alicyclic amines) is 1. The van der Waals surface area contributed by atoms with E-state index >= 15 is 0 Å². The van der Waals surface area contributed by atoms with Gasteiger partial charge in [-0.15, -0.1) is 11.3 Å². The van der Waals surface area contributed by atoms with E-state index in [1.165, 1.54) is 6.42 Å². The van der Waals surface area contributed by atoms with Gasteiger partial charge in [0.15, 0.2) is 0 Å². The Morgan fingerprint density at radius 1 is 1.39 bits per heavy atom. The number of carboxylic acids is 1. The predicted molar refractivity (Wildman–Crippen MR) is 89.3 cm³/mol. The number of carboxylic acid groups (broad SMARTS) is 1. The third-order valence-corrected chi connectivity index (χ3v) is 6.08. The van der Waals surface area contributed by atoms with Crippen molar-refractivity contribution < 1.29 is 14.7 Å². The maximum absolute atomic E-state index is 12.6. The fraction of sp³-hybridized carbons (Fsp3) is 0.647. The number of thiophene rings is 1. The van der Waals surface area contributed by atoms with Gasteiger partial charge in [0, 0.05) is 18.0 Å². The standard InChI is InChI=1S/C17H24N2O3S/c1-18(10-13-6-4-8-23-13)16(20)11-19-14-7-3-2-5-12(14)9-15(19)17(21)22/h4,6,8,12,14-15H,2-3,5,7,9-11H2,1H3,(H,21,22). The lowest BCUT2D eigenvalue weighted by Gasteiger charge is -2.33. The molecule has 1 N–H and O–H groups in total. The largest absolute Gasteiger partial charge is 0.480 e. The van der Waals surface area contributed by atoms with Crippen LogP contribution >= 0.6 is 11.3 Å². The minimum Gasteiger partial charge on any atom is -0.480 e. The van der Waals surface area contributed by atoms with Crippen LogP contribution in [0.4, 0.5) is 0 Å². The second kappa shape index (κ2) is 7.01. The number of rotatable bonds is 5. The van der Waals surface area contributed by atoms with Crippen molar-refractivity contribution in [3.63, 3.8) is 0 Å². The number of amides is 1. The van der Waals surface area contributed by atoms with Gasteiger partial charge in [0.25, 0.3) is 0 Å². The Kier molecular flexibility index (Phi) is 5.02. The van der Waals surface area contributed by atoms with Crippen LogP contribution in [0, 0.1) is 5.92 Å². The molecule has 1 saturated heterocycles. The molecule has 126 valence electrons. The molecule has 3 unspecified atom stereocenters. The molecule has 6 heteroatoms. The molecule has 3 rings (SSSR count). The average molecular weight is 336 g/mol. The first kappa shape index (κ1) is 16.5. The number of carbonyl (C=O) groups excluding carboxylic acids is 1. The smallest absolute Gasteiger partial charge is 0.320 e. The summed E-state index contributed by atoms with van der Waals surface area (Å²) in [4.78, 5) is 29.0. The monoisotopic (exact) mass is 336 g/mol. The Balaban J connectivity index is 1.66. The van der Waals surface area contributed by atoms with Crippen LogP contribution in [0.25, 0.3) is 0 Å². The third-order valence-electron chi connectivity index (χ3n) is 5.22. The summed E-state index contributed by atoms with van der Waals surface area (Å²) in [5.41, 5.74) is 0. The first-order chi connectivity index (χ1) is 11.1. The van der Waals surface area contributed by atoms with E-state index in [1.54, 1.807) is 23.3 Å². The van der Waals surface area contributed by atoms with E-state index in [0.717, 1.165) is 24.1 Å². The summed E-state index contributed by atoms with van der Waals surface area (Å²) in [5, 5.41) is 11.5. The molecule has 1 aromatic heterocycles. The molecule has 1 aromatic rings. The van der Waals surface area contributed by atoms with Gasteiger partial charge >= 0.3 is 5.97 Å². The van der Waals surface area contributed by atoms with Gasteiger partial charge in [-0.1, -0.05) is 18.9 Å². The van der Waals surface area contributed by atoms with E-state index < -0.39 is 12.0 Å². The molecule has 5 nitrogen and oxygen atoms in total. The van der Waals surface area contributed by atoms with Gasteiger partial charge < -0.3 is 10.0 Å². The molecule has 3 atom stereocenters. The van der Waals surface area contributed by atoms with Gasteiger partial charge in [-0.05, 0) is 36.6 Å². The molecular formula is C17H24N2O3S. The maximum atomic E-state index is 12.6. The van der Waals surface area contributed by atoms with Crippen molar-refractivity contribution in [2.24, 2.45) is 5.92 Å². The van der Waals surface area contributed by atoms with E-state index in [-0.39, 0.29) is 18.5 Å². The van der Waals surface area contributed by atoms with Gasteiger partial charge in [-0.2, -0.15) is 0 Å². The Morgan fingerprint density at radius 2 is 2.17 bits per heavy atom. The Labute approximate surface area is 140 Å². The minimum absolute atomic E-state index is 0.0101. The Bertz CT molecular complexity index is 560. The van der Waals surface area contributed by atoms with Gasteiger partial charge in [0.2, 0.25) is 5.91 Å². The fourth-order valence-electron chi connectivity index (χ4n) is 4.02. The molecule has 0 aromatic carbocycles. The van der Waals surface area contributed by atoms with Crippen LogP contribution in [-0.4, -0.2) is 52.5 Å². The molecule has 2 heterocycles. The number of hydrogen-bond acceptors (Lipinski definition) is 4. The molecule has 1 saturated carbocycles. The summed E-state index contributed by atoms with van der Waals surface area (Å²) in [6.45, 7) is 0.816. The summed E-state index contributed by atoms with van der Waals surface area (Å²) in [6, 6.07) is 3.76. The molecule has 23 heavy (non-hydrogen) atoms. The van der Waals surface area contributed by atoms with Crippen molar-refractivity contribution in [3.8, 4) is 0 Å². The van der Waals surface area contributed by atoms with Crippen LogP contribution in [0.15, 0.2) is 17.5 Å². The molecule has 0 radical (unpaired) electrons. The number of nitrogens with zero attached hydrogens (tertiary/aromatic N) is 2. The van der Waals surface area contributed by atoms with Crippen LogP contribution in [0.5, 0.6) is 0 Å². The molecule has 0 bridgehead atoms. The predicted octanol–water partition coefficient (Wildman–Crippen LogP) is 2.42. The first-order valence-corrected chi connectivity index (χ1v) is 9.19. The summed E-state index contributed by atoms with van der Waals surface area (Å²) in [7, 11) is 1.80. The van der Waals surface area contributed by atoms with Gasteiger partial charge in [0.1, 0.15) is 6.04 Å². The molecule has 1 aliphatic carbocycles. The zero-order chi connectivity index (χ0) is 16.4. The average Bonchev–Trinajstić information content (AvgIpc) is 3.15. The summed E-state index contributed by atoms with van der Waals surface area (Å²) in [6.07, 6.45) is 5.15. The molecule has 1 aliphatic heterocycles. The SMILES string of the molecule is CN(Cc1cccs1)C(=O)CN1C(C(=O)O)CC2CCCCC21. The van der Waals surface area contributed by atoms with Crippen molar-refractivity contribution in [1.82, 2.24) is 9.80 Å². The third kappa shape index (κ3) is 3.58. The Morgan fingerprint density at radius 3 is 2.87 bits per heavy atom. The summed E-state index contributed by atoms with van der Waals surface area (Å²) in [5.74, 6) is -0.329. The van der Waals surface area contributed by atoms with Crippen molar-refractivity contribution >= 4 is 23.2 Å². The quantitative estimate of drug-likeness (QED) is 0.897. The molecule has 0 spiro atoms. The highest BCUT2D eigenvalue weighted by atomic mass is 32.1. The highest BCUT2D eigenvalue weighted by Crippen LogP contribution is 2.39. The first-order valence-electron chi connectivity index (χ1n) is 8.31. The number of fused-ring (bicyclic) bond motifs is 1. The van der Waals surface area contributed by atoms with Gasteiger partial charge in [-0.3, -0.25) is 14.5 Å². The topological polar surface area (TPSA) is 60.9 Å². The molecule has 2 fully saturated rings. The second-order valence-corrected chi connectivity index (χ2v) is 7.74. The number of aliphatic carboxylic acids is 1. The van der Waals surface area contributed by atoms with E-state index in [9.17, 15) is 14.7 Å². The maximum Gasteiger partial charge on any atom is 0.320 e. The highest BCUT2D eigenvalue weighted by molar-refractivity contribution is 7.09. The van der Waals surface area contributed by atoms with Crippen molar-refractivity contribution in [2.45, 2.75) is 50.7 Å². The molecule has 2 aliphatic rings. The van der Waals surface area contributed by atoms with E-state index in [1.807, 2.05) is 22.4 Å².